The van der Waals surface area contributed by atoms with Crippen molar-refractivity contribution < 1.29 is 38.9 Å². The van der Waals surface area contributed by atoms with E-state index in [0.717, 1.165) is 26.2 Å². The van der Waals surface area contributed by atoms with E-state index in [0.29, 0.717) is 6.42 Å². The molecular formula is C20H34O8. The zero-order valence-corrected chi connectivity index (χ0v) is 17.0. The maximum atomic E-state index is 11.9. The molecule has 1 atom stereocenters. The number of ether oxygens (including phenoxy) is 2. The summed E-state index contributed by atoms with van der Waals surface area (Å²) in [7, 11) is 0. The summed E-state index contributed by atoms with van der Waals surface area (Å²) >= 11 is 0. The highest BCUT2D eigenvalue weighted by atomic mass is 16.6. The Balaban J connectivity index is 4.14. The van der Waals surface area contributed by atoms with Gasteiger partial charge >= 0.3 is 23.9 Å². The maximum absolute atomic E-state index is 11.9. The number of esters is 2. The van der Waals surface area contributed by atoms with Crippen LogP contribution in [-0.4, -0.2) is 46.3 Å². The third-order valence-corrected chi connectivity index (χ3v) is 4.36. The fourth-order valence-electron chi connectivity index (χ4n) is 2.91. The van der Waals surface area contributed by atoms with Gasteiger partial charge < -0.3 is 19.7 Å². The molecule has 2 N–H and O–H groups in total. The van der Waals surface area contributed by atoms with Gasteiger partial charge in [-0.2, -0.15) is 0 Å². The summed E-state index contributed by atoms with van der Waals surface area (Å²) in [6.45, 7) is 3.27. The van der Waals surface area contributed by atoms with Gasteiger partial charge in [0.15, 0.2) is 0 Å². The van der Waals surface area contributed by atoms with Gasteiger partial charge in [0, 0.05) is 6.92 Å². The molecule has 0 rings (SSSR count). The first kappa shape index (κ1) is 25.9. The lowest BCUT2D eigenvalue weighted by atomic mass is 9.95. The first-order valence-electron chi connectivity index (χ1n) is 10.0. The lowest BCUT2D eigenvalue weighted by Gasteiger charge is -2.26. The highest BCUT2D eigenvalue weighted by Crippen LogP contribution is 2.23. The molecule has 0 aromatic rings. The highest BCUT2D eigenvalue weighted by molar-refractivity contribution is 5.90. The van der Waals surface area contributed by atoms with Crippen LogP contribution in [0.4, 0.5) is 0 Å². The molecule has 0 aromatic heterocycles. The van der Waals surface area contributed by atoms with Gasteiger partial charge in [-0.15, -0.1) is 0 Å². The first-order chi connectivity index (χ1) is 13.2. The van der Waals surface area contributed by atoms with Gasteiger partial charge in [0.05, 0.1) is 19.4 Å². The van der Waals surface area contributed by atoms with Crippen molar-refractivity contribution in [2.45, 2.75) is 96.5 Å². The summed E-state index contributed by atoms with van der Waals surface area (Å²) in [5.74, 6) is -5.07. The third kappa shape index (κ3) is 12.3. The Kier molecular flexibility index (Phi) is 13.8. The molecule has 0 aromatic carbocycles. The van der Waals surface area contributed by atoms with Crippen LogP contribution in [0, 0.1) is 0 Å². The fraction of sp³-hybridized carbons (Fsp3) is 0.800. The standard InChI is InChI=1S/C20H34O8/c1-3-4-5-6-7-8-9-10-11-12-13-27-18(24)15-20(19(25)26,14-17(22)23)28-16(2)21/h3-15H2,1-2H3,(H,22,23)(H,25,26). The van der Waals surface area contributed by atoms with Crippen molar-refractivity contribution in [1.29, 1.82) is 0 Å². The molecule has 1 unspecified atom stereocenters. The van der Waals surface area contributed by atoms with Crippen LogP contribution >= 0.6 is 0 Å². The Morgan fingerprint density at radius 3 is 1.71 bits per heavy atom. The number of aliphatic carboxylic acids is 2. The van der Waals surface area contributed by atoms with E-state index in [-0.39, 0.29) is 6.61 Å². The minimum atomic E-state index is -2.45. The van der Waals surface area contributed by atoms with E-state index in [1.165, 1.54) is 38.5 Å². The van der Waals surface area contributed by atoms with E-state index in [4.69, 9.17) is 9.84 Å². The number of carbonyl (C=O) groups is 4. The van der Waals surface area contributed by atoms with Crippen molar-refractivity contribution in [3.63, 3.8) is 0 Å². The normalized spacial score (nSPS) is 12.8. The van der Waals surface area contributed by atoms with Crippen molar-refractivity contribution in [1.82, 2.24) is 0 Å². The number of hydrogen-bond donors (Lipinski definition) is 2. The van der Waals surface area contributed by atoms with Gasteiger partial charge in [-0.05, 0) is 6.42 Å². The zero-order chi connectivity index (χ0) is 21.4. The van der Waals surface area contributed by atoms with E-state index in [2.05, 4.69) is 11.7 Å². The Morgan fingerprint density at radius 1 is 0.786 bits per heavy atom. The topological polar surface area (TPSA) is 127 Å². The number of unbranched alkanes of at least 4 members (excludes halogenated alkanes) is 9. The third-order valence-electron chi connectivity index (χ3n) is 4.36. The van der Waals surface area contributed by atoms with Gasteiger partial charge in [0.1, 0.15) is 0 Å². The molecule has 0 heterocycles. The molecule has 0 spiro atoms. The smallest absolute Gasteiger partial charge is 0.349 e. The van der Waals surface area contributed by atoms with Crippen molar-refractivity contribution in [2.75, 3.05) is 6.61 Å². The van der Waals surface area contributed by atoms with Crippen LogP contribution in [0.1, 0.15) is 90.9 Å². The van der Waals surface area contributed by atoms with Crippen LogP contribution in [0.25, 0.3) is 0 Å². The van der Waals surface area contributed by atoms with Gasteiger partial charge in [0.2, 0.25) is 5.60 Å². The second-order valence-corrected chi connectivity index (χ2v) is 7.04. The van der Waals surface area contributed by atoms with Crippen molar-refractivity contribution in [2.24, 2.45) is 0 Å². The minimum Gasteiger partial charge on any atom is -0.481 e. The van der Waals surface area contributed by atoms with E-state index in [9.17, 15) is 24.3 Å². The van der Waals surface area contributed by atoms with E-state index >= 15 is 0 Å². The lowest BCUT2D eigenvalue weighted by Crippen LogP contribution is -2.47. The monoisotopic (exact) mass is 402 g/mol. The van der Waals surface area contributed by atoms with E-state index in [1.807, 2.05) is 0 Å². The van der Waals surface area contributed by atoms with E-state index < -0.39 is 42.3 Å². The molecule has 162 valence electrons. The Labute approximate surface area is 166 Å². The quantitative estimate of drug-likeness (QED) is 0.278. The van der Waals surface area contributed by atoms with Crippen molar-refractivity contribution >= 4 is 23.9 Å². The number of hydrogen-bond acceptors (Lipinski definition) is 6. The summed E-state index contributed by atoms with van der Waals surface area (Å²) in [6.07, 6.45) is 9.38. The summed E-state index contributed by atoms with van der Waals surface area (Å²) < 4.78 is 9.66. The maximum Gasteiger partial charge on any atom is 0.349 e. The molecule has 0 saturated heterocycles. The predicted octanol–water partition coefficient (Wildman–Crippen LogP) is 3.70. The van der Waals surface area contributed by atoms with Gasteiger partial charge in [-0.1, -0.05) is 64.7 Å². The van der Waals surface area contributed by atoms with Crippen molar-refractivity contribution in [3.05, 3.63) is 0 Å². The molecule has 0 amide bonds. The predicted molar refractivity (Wildman–Crippen MR) is 102 cm³/mol. The van der Waals surface area contributed by atoms with Crippen LogP contribution < -0.4 is 0 Å². The molecule has 0 aliphatic carbocycles. The minimum absolute atomic E-state index is 0.123. The zero-order valence-electron chi connectivity index (χ0n) is 17.0. The van der Waals surface area contributed by atoms with Crippen molar-refractivity contribution in [3.8, 4) is 0 Å². The van der Waals surface area contributed by atoms with Crippen LogP contribution in [0.15, 0.2) is 0 Å². The number of rotatable bonds is 17. The summed E-state index contributed by atoms with van der Waals surface area (Å²) in [4.78, 5) is 45.4. The lowest BCUT2D eigenvalue weighted by molar-refractivity contribution is -0.185. The van der Waals surface area contributed by atoms with Crippen LogP contribution in [0.5, 0.6) is 0 Å². The van der Waals surface area contributed by atoms with Crippen LogP contribution in [0.2, 0.25) is 0 Å². The number of carbonyl (C=O) groups excluding carboxylic acids is 2. The molecule has 0 aliphatic rings. The summed E-state index contributed by atoms with van der Waals surface area (Å²) in [5.41, 5.74) is -2.45. The molecule has 0 radical (unpaired) electrons. The second-order valence-electron chi connectivity index (χ2n) is 7.04. The average molecular weight is 402 g/mol. The average Bonchev–Trinajstić information content (AvgIpc) is 2.58. The number of carboxylic acid groups (broad SMARTS) is 2. The number of carboxylic acids is 2. The van der Waals surface area contributed by atoms with Crippen LogP contribution in [-0.2, 0) is 28.7 Å². The van der Waals surface area contributed by atoms with Gasteiger partial charge in [0.25, 0.3) is 0 Å². The molecule has 8 nitrogen and oxygen atoms in total. The largest absolute Gasteiger partial charge is 0.481 e. The first-order valence-corrected chi connectivity index (χ1v) is 10.0. The Bertz CT molecular complexity index is 484. The molecule has 0 aliphatic heterocycles. The van der Waals surface area contributed by atoms with E-state index in [1.54, 1.807) is 0 Å². The molecule has 8 heteroatoms. The Hall–Kier alpha value is -2.12. The highest BCUT2D eigenvalue weighted by Gasteiger charge is 2.47. The molecule has 28 heavy (non-hydrogen) atoms. The molecule has 0 bridgehead atoms. The Morgan fingerprint density at radius 2 is 1.29 bits per heavy atom. The molecular weight excluding hydrogens is 368 g/mol. The summed E-state index contributed by atoms with van der Waals surface area (Å²) in [5, 5.41) is 18.2. The summed E-state index contributed by atoms with van der Waals surface area (Å²) in [6, 6.07) is 0. The fourth-order valence-corrected chi connectivity index (χ4v) is 2.91. The van der Waals surface area contributed by atoms with Gasteiger partial charge in [-0.3, -0.25) is 14.4 Å². The van der Waals surface area contributed by atoms with Crippen LogP contribution in [0.3, 0.4) is 0 Å². The SMILES string of the molecule is CCCCCCCCCCCCOC(=O)CC(CC(=O)O)(OC(C)=O)C(=O)O. The van der Waals surface area contributed by atoms with Gasteiger partial charge in [-0.25, -0.2) is 4.79 Å². The molecule has 0 fully saturated rings. The molecule has 0 saturated carbocycles. The second kappa shape index (κ2) is 14.9.